The minimum Gasteiger partial charge on any atom is -0.338 e. The third kappa shape index (κ3) is 3.79. The van der Waals surface area contributed by atoms with E-state index in [4.69, 9.17) is 5.73 Å². The molecule has 0 spiro atoms. The van der Waals surface area contributed by atoms with E-state index in [1.165, 1.54) is 5.56 Å². The van der Waals surface area contributed by atoms with Gasteiger partial charge < -0.3 is 10.6 Å². The van der Waals surface area contributed by atoms with Crippen LogP contribution in [0.3, 0.4) is 0 Å². The molecule has 2 heterocycles. The van der Waals surface area contributed by atoms with Gasteiger partial charge in [0.15, 0.2) is 0 Å². The maximum absolute atomic E-state index is 13.1. The van der Waals surface area contributed by atoms with E-state index in [2.05, 4.69) is 38.0 Å². The fourth-order valence-corrected chi connectivity index (χ4v) is 3.82. The van der Waals surface area contributed by atoms with Crippen LogP contribution >= 0.6 is 12.4 Å². The molecule has 142 valence electrons. The maximum atomic E-state index is 13.1. The molecule has 1 aromatic carbocycles. The largest absolute Gasteiger partial charge is 0.338 e. The predicted molar refractivity (Wildman–Crippen MR) is 107 cm³/mol. The summed E-state index contributed by atoms with van der Waals surface area (Å²) in [5.74, 6) is 0.655. The summed E-state index contributed by atoms with van der Waals surface area (Å²) < 4.78 is 1.92. The number of rotatable bonds is 3. The van der Waals surface area contributed by atoms with Crippen molar-refractivity contribution in [1.29, 1.82) is 0 Å². The second-order valence-electron chi connectivity index (χ2n) is 7.95. The molecule has 0 bridgehead atoms. The molecule has 0 radical (unpaired) electrons. The predicted octanol–water partition coefficient (Wildman–Crippen LogP) is 3.18. The summed E-state index contributed by atoms with van der Waals surface area (Å²) in [5, 5.41) is 4.44. The van der Waals surface area contributed by atoms with Gasteiger partial charge in [0.2, 0.25) is 0 Å². The van der Waals surface area contributed by atoms with Crippen molar-refractivity contribution in [3.8, 4) is 0 Å². The van der Waals surface area contributed by atoms with E-state index in [1.807, 2.05) is 34.7 Å². The molecule has 2 atom stereocenters. The second kappa shape index (κ2) is 7.80. The van der Waals surface area contributed by atoms with Crippen LogP contribution in [0, 0.1) is 12.8 Å². The number of nitrogens with zero attached hydrogens (tertiary/aromatic N) is 3. The number of hydrogen-bond donors (Lipinski definition) is 1. The SMILES string of the molecule is Cc1c(C(=O)N2C[C@@H](CN)[C@H](c3ccccc3)C2)cnn1C(C)(C)C.Cl. The third-order valence-electron chi connectivity index (χ3n) is 5.13. The quantitative estimate of drug-likeness (QED) is 0.894. The van der Waals surface area contributed by atoms with Crippen molar-refractivity contribution in [2.24, 2.45) is 11.7 Å². The van der Waals surface area contributed by atoms with Crippen molar-refractivity contribution >= 4 is 18.3 Å². The molecular weight excluding hydrogens is 348 g/mol. The Labute approximate surface area is 162 Å². The normalized spacial score (nSPS) is 20.1. The minimum absolute atomic E-state index is 0. The zero-order valence-electron chi connectivity index (χ0n) is 16.0. The van der Waals surface area contributed by atoms with Gasteiger partial charge in [-0.2, -0.15) is 5.10 Å². The molecule has 3 rings (SSSR count). The lowest BCUT2D eigenvalue weighted by molar-refractivity contribution is 0.0785. The molecule has 1 aliphatic heterocycles. The van der Waals surface area contributed by atoms with Gasteiger partial charge in [-0.1, -0.05) is 30.3 Å². The fraction of sp³-hybridized carbons (Fsp3) is 0.500. The van der Waals surface area contributed by atoms with Crippen LogP contribution < -0.4 is 5.73 Å². The van der Waals surface area contributed by atoms with E-state index in [1.54, 1.807) is 6.20 Å². The Kier molecular flexibility index (Phi) is 6.14. The first-order valence-electron chi connectivity index (χ1n) is 8.92. The Balaban J connectivity index is 0.00000243. The van der Waals surface area contributed by atoms with Crippen LogP contribution in [0.5, 0.6) is 0 Å². The van der Waals surface area contributed by atoms with Crippen molar-refractivity contribution in [3.63, 3.8) is 0 Å². The van der Waals surface area contributed by atoms with Crippen molar-refractivity contribution in [1.82, 2.24) is 14.7 Å². The number of carbonyl (C=O) groups is 1. The highest BCUT2D eigenvalue weighted by Crippen LogP contribution is 2.33. The van der Waals surface area contributed by atoms with Crippen molar-refractivity contribution < 1.29 is 4.79 Å². The highest BCUT2D eigenvalue weighted by molar-refractivity contribution is 5.95. The van der Waals surface area contributed by atoms with E-state index < -0.39 is 0 Å². The Bertz CT molecular complexity index is 751. The van der Waals surface area contributed by atoms with Crippen LogP contribution in [0.4, 0.5) is 0 Å². The van der Waals surface area contributed by atoms with Crippen molar-refractivity contribution in [2.75, 3.05) is 19.6 Å². The van der Waals surface area contributed by atoms with Gasteiger partial charge in [0.05, 0.1) is 17.3 Å². The number of likely N-dealkylation sites (tertiary alicyclic amines) is 1. The minimum atomic E-state index is -0.139. The summed E-state index contributed by atoms with van der Waals surface area (Å²) >= 11 is 0. The average Bonchev–Trinajstić information content (AvgIpc) is 3.18. The number of benzene rings is 1. The zero-order valence-corrected chi connectivity index (χ0v) is 16.8. The van der Waals surface area contributed by atoms with E-state index in [0.29, 0.717) is 37.0 Å². The van der Waals surface area contributed by atoms with Gasteiger partial charge >= 0.3 is 0 Å². The molecule has 1 fully saturated rings. The summed E-state index contributed by atoms with van der Waals surface area (Å²) in [6, 6.07) is 10.4. The summed E-state index contributed by atoms with van der Waals surface area (Å²) in [7, 11) is 0. The molecule has 2 aromatic rings. The van der Waals surface area contributed by atoms with Crippen molar-refractivity contribution in [2.45, 2.75) is 39.2 Å². The highest BCUT2D eigenvalue weighted by Gasteiger charge is 2.36. The van der Waals surface area contributed by atoms with Gasteiger partial charge in [-0.25, -0.2) is 0 Å². The molecule has 0 aliphatic carbocycles. The van der Waals surface area contributed by atoms with Crippen LogP contribution in [-0.2, 0) is 5.54 Å². The number of aromatic nitrogens is 2. The molecule has 26 heavy (non-hydrogen) atoms. The molecule has 0 unspecified atom stereocenters. The summed E-state index contributed by atoms with van der Waals surface area (Å²) in [6.45, 7) is 10.2. The first-order chi connectivity index (χ1) is 11.8. The Hall–Kier alpha value is -1.85. The van der Waals surface area contributed by atoms with Gasteiger partial charge in [-0.3, -0.25) is 9.48 Å². The highest BCUT2D eigenvalue weighted by atomic mass is 35.5. The van der Waals surface area contributed by atoms with Gasteiger partial charge in [-0.15, -0.1) is 12.4 Å². The summed E-state index contributed by atoms with van der Waals surface area (Å²) in [4.78, 5) is 15.0. The van der Waals surface area contributed by atoms with Crippen LogP contribution in [0.25, 0.3) is 0 Å². The number of hydrogen-bond acceptors (Lipinski definition) is 3. The molecule has 0 saturated carbocycles. The van der Waals surface area contributed by atoms with Gasteiger partial charge in [0.25, 0.3) is 5.91 Å². The first-order valence-corrected chi connectivity index (χ1v) is 8.92. The number of nitrogens with two attached hydrogens (primary N) is 1. The van der Waals surface area contributed by atoms with E-state index in [0.717, 1.165) is 5.69 Å². The van der Waals surface area contributed by atoms with E-state index in [-0.39, 0.29) is 23.9 Å². The lowest BCUT2D eigenvalue weighted by Crippen LogP contribution is -2.31. The topological polar surface area (TPSA) is 64.2 Å². The average molecular weight is 377 g/mol. The third-order valence-corrected chi connectivity index (χ3v) is 5.13. The van der Waals surface area contributed by atoms with Crippen LogP contribution in [-0.4, -0.2) is 40.2 Å². The molecule has 2 N–H and O–H groups in total. The number of amides is 1. The van der Waals surface area contributed by atoms with Gasteiger partial charge in [0.1, 0.15) is 0 Å². The smallest absolute Gasteiger partial charge is 0.257 e. The molecule has 5 nitrogen and oxygen atoms in total. The molecule has 6 heteroatoms. The Morgan fingerprint density at radius 3 is 2.42 bits per heavy atom. The Morgan fingerprint density at radius 2 is 1.88 bits per heavy atom. The number of carbonyl (C=O) groups excluding carboxylic acids is 1. The van der Waals surface area contributed by atoms with Crippen LogP contribution in [0.15, 0.2) is 36.5 Å². The van der Waals surface area contributed by atoms with Gasteiger partial charge in [-0.05, 0) is 45.7 Å². The van der Waals surface area contributed by atoms with E-state index >= 15 is 0 Å². The number of halogens is 1. The first kappa shape index (κ1) is 20.5. The summed E-state index contributed by atoms with van der Waals surface area (Å²) in [5.41, 5.74) is 8.74. The molecule has 1 aromatic heterocycles. The molecule has 1 aliphatic rings. The zero-order chi connectivity index (χ0) is 18.2. The van der Waals surface area contributed by atoms with Crippen LogP contribution in [0.2, 0.25) is 0 Å². The summed E-state index contributed by atoms with van der Waals surface area (Å²) in [6.07, 6.45) is 1.70. The lowest BCUT2D eigenvalue weighted by atomic mass is 9.89. The molecular formula is C20H29ClN4O. The van der Waals surface area contributed by atoms with Gasteiger partial charge in [0, 0.05) is 24.7 Å². The fourth-order valence-electron chi connectivity index (χ4n) is 3.82. The van der Waals surface area contributed by atoms with Crippen molar-refractivity contribution in [3.05, 3.63) is 53.3 Å². The lowest BCUT2D eigenvalue weighted by Gasteiger charge is -2.22. The monoisotopic (exact) mass is 376 g/mol. The maximum Gasteiger partial charge on any atom is 0.257 e. The molecule has 1 amide bonds. The molecule has 1 saturated heterocycles. The van der Waals surface area contributed by atoms with Crippen LogP contribution in [0.1, 0.15) is 48.3 Å². The van der Waals surface area contributed by atoms with E-state index in [9.17, 15) is 4.79 Å². The standard InChI is InChI=1S/C20H28N4O.ClH/c1-14-17(11-22-24(14)20(2,3)4)19(25)23-12-16(10-21)18(13-23)15-8-6-5-7-9-15;/h5-9,11,16,18H,10,12-13,21H2,1-4H3;1H/t16-,18+;/m1./s1. The Morgan fingerprint density at radius 1 is 1.23 bits per heavy atom. The second-order valence-corrected chi connectivity index (χ2v) is 7.95.